The van der Waals surface area contributed by atoms with Crippen molar-refractivity contribution in [3.8, 4) is 0 Å². The molecule has 0 bridgehead atoms. The van der Waals surface area contributed by atoms with Crippen molar-refractivity contribution in [3.63, 3.8) is 0 Å². The molecule has 2 aromatic heterocycles. The Morgan fingerprint density at radius 1 is 1.67 bits per heavy atom. The highest BCUT2D eigenvalue weighted by atomic mass is 35.5. The lowest BCUT2D eigenvalue weighted by molar-refractivity contribution is -0.119. The normalized spacial score (nSPS) is 10.5. The van der Waals surface area contributed by atoms with Crippen LogP contribution in [0.25, 0.3) is 5.65 Å². The molecular formula is C10H10ClN3O. The fourth-order valence-corrected chi connectivity index (χ4v) is 1.46. The van der Waals surface area contributed by atoms with Crippen LogP contribution >= 0.6 is 11.6 Å². The van der Waals surface area contributed by atoms with Crippen LogP contribution in [-0.4, -0.2) is 15.3 Å². The molecule has 1 amide bonds. The highest BCUT2D eigenvalue weighted by Crippen LogP contribution is 2.12. The van der Waals surface area contributed by atoms with Gasteiger partial charge >= 0.3 is 0 Å². The molecule has 2 aromatic rings. The zero-order chi connectivity index (χ0) is 10.8. The van der Waals surface area contributed by atoms with Gasteiger partial charge in [0.25, 0.3) is 0 Å². The van der Waals surface area contributed by atoms with Crippen LogP contribution in [-0.2, 0) is 11.3 Å². The number of pyridine rings is 1. The topological polar surface area (TPSA) is 46.4 Å². The van der Waals surface area contributed by atoms with Crippen LogP contribution in [0.5, 0.6) is 0 Å². The molecule has 0 atom stereocenters. The Kier molecular flexibility index (Phi) is 2.60. The van der Waals surface area contributed by atoms with Gasteiger partial charge in [-0.3, -0.25) is 4.79 Å². The Labute approximate surface area is 91.9 Å². The third kappa shape index (κ3) is 2.27. The summed E-state index contributed by atoms with van der Waals surface area (Å²) in [6.07, 6.45) is 3.70. The molecule has 0 aromatic carbocycles. The Morgan fingerprint density at radius 2 is 2.47 bits per heavy atom. The molecule has 4 nitrogen and oxygen atoms in total. The maximum absolute atomic E-state index is 10.7. The smallest absolute Gasteiger partial charge is 0.217 e. The van der Waals surface area contributed by atoms with Crippen LogP contribution in [0.4, 0.5) is 0 Å². The van der Waals surface area contributed by atoms with Crippen LogP contribution in [0.15, 0.2) is 24.5 Å². The van der Waals surface area contributed by atoms with Gasteiger partial charge in [-0.2, -0.15) is 0 Å². The molecule has 0 saturated carbocycles. The Balaban J connectivity index is 2.27. The minimum absolute atomic E-state index is 0.0647. The van der Waals surface area contributed by atoms with Crippen LogP contribution in [0.3, 0.4) is 0 Å². The van der Waals surface area contributed by atoms with Crippen molar-refractivity contribution >= 4 is 23.2 Å². The fraction of sp³-hybridized carbons (Fsp3) is 0.200. The Morgan fingerprint density at radius 3 is 3.20 bits per heavy atom. The number of imidazole rings is 1. The summed E-state index contributed by atoms with van der Waals surface area (Å²) in [6, 6.07) is 3.57. The Hall–Kier alpha value is -1.55. The fourth-order valence-electron chi connectivity index (χ4n) is 1.31. The van der Waals surface area contributed by atoms with Crippen molar-refractivity contribution in [3.05, 3.63) is 35.2 Å². The van der Waals surface area contributed by atoms with E-state index in [1.165, 1.54) is 6.92 Å². The van der Waals surface area contributed by atoms with E-state index in [0.29, 0.717) is 11.6 Å². The van der Waals surface area contributed by atoms with Gasteiger partial charge in [0.1, 0.15) is 5.65 Å². The summed E-state index contributed by atoms with van der Waals surface area (Å²) < 4.78 is 1.86. The summed E-state index contributed by atoms with van der Waals surface area (Å²) in [4.78, 5) is 15.0. The number of fused-ring (bicyclic) bond motifs is 1. The van der Waals surface area contributed by atoms with E-state index in [4.69, 9.17) is 11.6 Å². The van der Waals surface area contributed by atoms with Crippen molar-refractivity contribution < 1.29 is 4.79 Å². The third-order valence-electron chi connectivity index (χ3n) is 1.99. The molecule has 2 rings (SSSR count). The van der Waals surface area contributed by atoms with Crippen molar-refractivity contribution in [2.24, 2.45) is 0 Å². The van der Waals surface area contributed by atoms with Gasteiger partial charge in [0.2, 0.25) is 5.91 Å². The Bertz CT molecular complexity index is 506. The predicted octanol–water partition coefficient (Wildman–Crippen LogP) is 1.62. The summed E-state index contributed by atoms with van der Waals surface area (Å²) in [5.41, 5.74) is 1.59. The van der Waals surface area contributed by atoms with Gasteiger partial charge in [-0.25, -0.2) is 4.98 Å². The largest absolute Gasteiger partial charge is 0.351 e. The highest BCUT2D eigenvalue weighted by Gasteiger charge is 2.02. The van der Waals surface area contributed by atoms with E-state index in [1.54, 1.807) is 12.1 Å². The lowest BCUT2D eigenvalue weighted by Crippen LogP contribution is -2.18. The van der Waals surface area contributed by atoms with Gasteiger partial charge in [-0.15, -0.1) is 0 Å². The molecule has 2 heterocycles. The molecule has 78 valence electrons. The van der Waals surface area contributed by atoms with Crippen molar-refractivity contribution in [1.82, 2.24) is 14.7 Å². The van der Waals surface area contributed by atoms with Crippen molar-refractivity contribution in [1.29, 1.82) is 0 Å². The molecule has 0 fully saturated rings. The molecular weight excluding hydrogens is 214 g/mol. The van der Waals surface area contributed by atoms with Crippen LogP contribution in [0.1, 0.15) is 12.6 Å². The second-order valence-corrected chi connectivity index (χ2v) is 3.69. The van der Waals surface area contributed by atoms with E-state index in [1.807, 2.05) is 16.8 Å². The second kappa shape index (κ2) is 3.90. The third-order valence-corrected chi connectivity index (χ3v) is 2.23. The SMILES string of the molecule is CC(=O)NCc1cn2ccc(Cl)cc2n1. The summed E-state index contributed by atoms with van der Waals surface area (Å²) in [6.45, 7) is 1.92. The summed E-state index contributed by atoms with van der Waals surface area (Å²) in [5.74, 6) is -0.0647. The average molecular weight is 224 g/mol. The lowest BCUT2D eigenvalue weighted by atomic mass is 10.4. The number of aromatic nitrogens is 2. The summed E-state index contributed by atoms with van der Waals surface area (Å²) in [5, 5.41) is 3.34. The van der Waals surface area contributed by atoms with Crippen LogP contribution < -0.4 is 5.32 Å². The first-order valence-electron chi connectivity index (χ1n) is 4.53. The molecule has 0 aliphatic rings. The number of rotatable bonds is 2. The number of carbonyl (C=O) groups excluding carboxylic acids is 1. The standard InChI is InChI=1S/C10H10ClN3O/c1-7(15)12-5-9-6-14-3-2-8(11)4-10(14)13-9/h2-4,6H,5H2,1H3,(H,12,15). The van der Waals surface area contributed by atoms with E-state index in [0.717, 1.165) is 11.3 Å². The van der Waals surface area contributed by atoms with Gasteiger partial charge < -0.3 is 9.72 Å². The van der Waals surface area contributed by atoms with E-state index in [2.05, 4.69) is 10.3 Å². The number of amides is 1. The molecule has 5 heteroatoms. The van der Waals surface area contributed by atoms with E-state index in [9.17, 15) is 4.79 Å². The molecule has 15 heavy (non-hydrogen) atoms. The quantitative estimate of drug-likeness (QED) is 0.841. The molecule has 0 aliphatic carbocycles. The van der Waals surface area contributed by atoms with E-state index < -0.39 is 0 Å². The number of halogens is 1. The minimum Gasteiger partial charge on any atom is -0.351 e. The molecule has 0 saturated heterocycles. The molecule has 0 aliphatic heterocycles. The first-order chi connectivity index (χ1) is 7.15. The maximum atomic E-state index is 10.7. The number of nitrogens with one attached hydrogen (secondary N) is 1. The van der Waals surface area contributed by atoms with Gasteiger partial charge in [-0.1, -0.05) is 11.6 Å². The number of carbonyl (C=O) groups is 1. The average Bonchev–Trinajstić information content (AvgIpc) is 2.56. The number of hydrogen-bond acceptors (Lipinski definition) is 2. The monoisotopic (exact) mass is 223 g/mol. The first-order valence-corrected chi connectivity index (χ1v) is 4.90. The van der Waals surface area contributed by atoms with Crippen LogP contribution in [0, 0.1) is 0 Å². The lowest BCUT2D eigenvalue weighted by Gasteiger charge is -1.95. The molecule has 0 radical (unpaired) electrons. The highest BCUT2D eigenvalue weighted by molar-refractivity contribution is 6.30. The zero-order valence-electron chi connectivity index (χ0n) is 8.20. The number of nitrogens with zero attached hydrogens (tertiary/aromatic N) is 2. The van der Waals surface area contributed by atoms with Crippen molar-refractivity contribution in [2.45, 2.75) is 13.5 Å². The van der Waals surface area contributed by atoms with Gasteiger partial charge in [-0.05, 0) is 12.1 Å². The van der Waals surface area contributed by atoms with Gasteiger partial charge in [0, 0.05) is 24.3 Å². The summed E-state index contributed by atoms with van der Waals surface area (Å²) >= 11 is 5.83. The second-order valence-electron chi connectivity index (χ2n) is 3.25. The van der Waals surface area contributed by atoms with E-state index in [-0.39, 0.29) is 5.91 Å². The number of hydrogen-bond donors (Lipinski definition) is 1. The van der Waals surface area contributed by atoms with Crippen LogP contribution in [0.2, 0.25) is 5.02 Å². The molecule has 0 unspecified atom stereocenters. The zero-order valence-corrected chi connectivity index (χ0v) is 8.95. The molecule has 1 N–H and O–H groups in total. The van der Waals surface area contributed by atoms with Gasteiger partial charge in [0.15, 0.2) is 0 Å². The minimum atomic E-state index is -0.0647. The summed E-state index contributed by atoms with van der Waals surface area (Å²) in [7, 11) is 0. The van der Waals surface area contributed by atoms with Gasteiger partial charge in [0.05, 0.1) is 12.2 Å². The first kappa shape index (κ1) is 9.98. The predicted molar refractivity (Wildman–Crippen MR) is 57.7 cm³/mol. The van der Waals surface area contributed by atoms with Crippen molar-refractivity contribution in [2.75, 3.05) is 0 Å². The molecule has 0 spiro atoms. The van der Waals surface area contributed by atoms with E-state index >= 15 is 0 Å². The maximum Gasteiger partial charge on any atom is 0.217 e.